The van der Waals surface area contributed by atoms with E-state index >= 15 is 0 Å². The SMILES string of the molecule is Cn1ncc(C(=O)N2CCCC3CCCCC32)c1-c1ccc(C(F)(F)F)c(Cl)c1. The van der Waals surface area contributed by atoms with E-state index in [9.17, 15) is 18.0 Å². The van der Waals surface area contributed by atoms with Crippen molar-refractivity contribution in [3.63, 3.8) is 0 Å². The summed E-state index contributed by atoms with van der Waals surface area (Å²) in [6, 6.07) is 3.81. The second kappa shape index (κ2) is 7.67. The molecule has 29 heavy (non-hydrogen) atoms. The number of piperidine rings is 1. The molecule has 1 aliphatic heterocycles. The Bertz CT molecular complexity index is 922. The maximum Gasteiger partial charge on any atom is 0.417 e. The molecule has 4 rings (SSSR count). The van der Waals surface area contributed by atoms with Gasteiger partial charge in [0.25, 0.3) is 5.91 Å². The predicted molar refractivity (Wildman–Crippen MR) is 105 cm³/mol. The summed E-state index contributed by atoms with van der Waals surface area (Å²) in [6.07, 6.45) is 3.63. The maximum absolute atomic E-state index is 13.4. The van der Waals surface area contributed by atoms with Crippen LogP contribution >= 0.6 is 11.6 Å². The minimum absolute atomic E-state index is 0.0966. The molecule has 4 nitrogen and oxygen atoms in total. The average molecular weight is 426 g/mol. The Kier molecular flexibility index (Phi) is 5.36. The van der Waals surface area contributed by atoms with Crippen molar-refractivity contribution in [2.75, 3.05) is 6.54 Å². The first-order valence-corrected chi connectivity index (χ1v) is 10.3. The molecule has 0 N–H and O–H groups in total. The van der Waals surface area contributed by atoms with Crippen molar-refractivity contribution in [1.29, 1.82) is 0 Å². The molecule has 2 aliphatic rings. The lowest BCUT2D eigenvalue weighted by atomic mass is 9.78. The second-order valence-corrected chi connectivity index (χ2v) is 8.38. The summed E-state index contributed by atoms with van der Waals surface area (Å²) in [5, 5.41) is 3.83. The van der Waals surface area contributed by atoms with Crippen LogP contribution in [-0.2, 0) is 13.2 Å². The van der Waals surface area contributed by atoms with Gasteiger partial charge >= 0.3 is 6.18 Å². The van der Waals surface area contributed by atoms with Crippen LogP contribution in [-0.4, -0.2) is 33.2 Å². The number of nitrogens with zero attached hydrogens (tertiary/aromatic N) is 3. The van der Waals surface area contributed by atoms with Crippen LogP contribution in [0.15, 0.2) is 24.4 Å². The Morgan fingerprint density at radius 1 is 1.17 bits per heavy atom. The molecule has 1 aromatic heterocycles. The molecule has 0 spiro atoms. The van der Waals surface area contributed by atoms with Gasteiger partial charge in [-0.3, -0.25) is 9.48 Å². The van der Waals surface area contributed by atoms with E-state index in [1.54, 1.807) is 7.05 Å². The number of amides is 1. The fourth-order valence-corrected chi connectivity index (χ4v) is 5.15. The van der Waals surface area contributed by atoms with Crippen molar-refractivity contribution in [3.05, 3.63) is 40.5 Å². The van der Waals surface area contributed by atoms with E-state index in [2.05, 4.69) is 5.10 Å². The number of rotatable bonds is 2. The molecule has 2 fully saturated rings. The Hall–Kier alpha value is -2.02. The molecular weight excluding hydrogens is 403 g/mol. The number of fused-ring (bicyclic) bond motifs is 1. The lowest BCUT2D eigenvalue weighted by Crippen LogP contribution is -2.49. The smallest absolute Gasteiger partial charge is 0.335 e. The third kappa shape index (κ3) is 3.77. The third-order valence-corrected chi connectivity index (χ3v) is 6.53. The number of halogens is 4. The van der Waals surface area contributed by atoms with E-state index in [-0.39, 0.29) is 17.0 Å². The summed E-state index contributed by atoms with van der Waals surface area (Å²) in [6.45, 7) is 0.710. The number of aryl methyl sites for hydroxylation is 1. The van der Waals surface area contributed by atoms with Gasteiger partial charge in [0.05, 0.1) is 28.0 Å². The minimum atomic E-state index is -4.52. The number of likely N-dealkylation sites (tertiary alicyclic amines) is 1. The van der Waals surface area contributed by atoms with Gasteiger partial charge in [-0.15, -0.1) is 0 Å². The lowest BCUT2D eigenvalue weighted by molar-refractivity contribution is -0.137. The van der Waals surface area contributed by atoms with Gasteiger partial charge in [-0.2, -0.15) is 18.3 Å². The zero-order chi connectivity index (χ0) is 20.8. The van der Waals surface area contributed by atoms with Crippen LogP contribution < -0.4 is 0 Å². The fraction of sp³-hybridized carbons (Fsp3) is 0.524. The van der Waals surface area contributed by atoms with Crippen LogP contribution in [0.25, 0.3) is 11.3 Å². The zero-order valence-electron chi connectivity index (χ0n) is 16.2. The van der Waals surface area contributed by atoms with Gasteiger partial charge in [0.2, 0.25) is 0 Å². The van der Waals surface area contributed by atoms with Crippen molar-refractivity contribution in [3.8, 4) is 11.3 Å². The Morgan fingerprint density at radius 3 is 2.62 bits per heavy atom. The van der Waals surface area contributed by atoms with Gasteiger partial charge in [-0.25, -0.2) is 0 Å². The van der Waals surface area contributed by atoms with Crippen LogP contribution in [0.4, 0.5) is 13.2 Å². The summed E-state index contributed by atoms with van der Waals surface area (Å²) in [4.78, 5) is 15.4. The van der Waals surface area contributed by atoms with E-state index in [0.29, 0.717) is 29.3 Å². The Morgan fingerprint density at radius 2 is 1.90 bits per heavy atom. The summed E-state index contributed by atoms with van der Waals surface area (Å²) in [5.74, 6) is 0.447. The molecule has 0 radical (unpaired) electrons. The maximum atomic E-state index is 13.4. The molecule has 1 amide bonds. The zero-order valence-corrected chi connectivity index (χ0v) is 16.9. The van der Waals surface area contributed by atoms with Crippen LogP contribution in [0.3, 0.4) is 0 Å². The number of hydrogen-bond acceptors (Lipinski definition) is 2. The van der Waals surface area contributed by atoms with E-state index < -0.39 is 11.7 Å². The van der Waals surface area contributed by atoms with E-state index in [1.165, 1.54) is 29.4 Å². The van der Waals surface area contributed by atoms with Crippen LogP contribution in [0.5, 0.6) is 0 Å². The monoisotopic (exact) mass is 425 g/mol. The van der Waals surface area contributed by atoms with Gasteiger partial charge in [0, 0.05) is 25.2 Å². The topological polar surface area (TPSA) is 38.1 Å². The molecule has 1 saturated carbocycles. The number of carbonyl (C=O) groups is 1. The van der Waals surface area contributed by atoms with Crippen LogP contribution in [0.2, 0.25) is 5.02 Å². The predicted octanol–water partition coefficient (Wildman–Crippen LogP) is 5.55. The van der Waals surface area contributed by atoms with Crippen LogP contribution in [0.1, 0.15) is 54.4 Å². The first-order valence-electron chi connectivity index (χ1n) is 9.97. The standard InChI is InChI=1S/C21H23ClF3N3O/c1-27-19(14-8-9-16(17(22)11-14)21(23,24)25)15(12-26-27)20(29)28-10-4-6-13-5-2-3-7-18(13)28/h8-9,11-13,18H,2-7,10H2,1H3. The highest BCUT2D eigenvalue weighted by Gasteiger charge is 2.38. The quantitative estimate of drug-likeness (QED) is 0.632. The van der Waals surface area contributed by atoms with Crippen molar-refractivity contribution >= 4 is 17.5 Å². The number of aromatic nitrogens is 2. The highest BCUT2D eigenvalue weighted by molar-refractivity contribution is 6.31. The van der Waals surface area contributed by atoms with Crippen molar-refractivity contribution < 1.29 is 18.0 Å². The molecule has 0 bridgehead atoms. The highest BCUT2D eigenvalue weighted by Crippen LogP contribution is 2.39. The molecule has 8 heteroatoms. The van der Waals surface area contributed by atoms with Gasteiger partial charge in [-0.05, 0) is 43.7 Å². The fourth-order valence-electron chi connectivity index (χ4n) is 4.86. The number of carbonyl (C=O) groups excluding carboxylic acids is 1. The summed E-state index contributed by atoms with van der Waals surface area (Å²) < 4.78 is 40.7. The first kappa shape index (κ1) is 20.3. The third-order valence-electron chi connectivity index (χ3n) is 6.22. The highest BCUT2D eigenvalue weighted by atomic mass is 35.5. The van der Waals surface area contributed by atoms with Crippen molar-refractivity contribution in [2.45, 2.75) is 50.7 Å². The number of alkyl halides is 3. The molecule has 1 aromatic carbocycles. The van der Waals surface area contributed by atoms with Crippen molar-refractivity contribution in [1.82, 2.24) is 14.7 Å². The molecule has 156 valence electrons. The van der Waals surface area contributed by atoms with Gasteiger partial charge in [0.1, 0.15) is 0 Å². The summed E-state index contributed by atoms with van der Waals surface area (Å²) in [5.41, 5.74) is 0.459. The minimum Gasteiger partial charge on any atom is -0.335 e. The number of hydrogen-bond donors (Lipinski definition) is 0. The molecule has 1 saturated heterocycles. The van der Waals surface area contributed by atoms with E-state index in [1.807, 2.05) is 4.90 Å². The molecule has 2 atom stereocenters. The van der Waals surface area contributed by atoms with Crippen LogP contribution in [0, 0.1) is 5.92 Å². The normalized spacial score (nSPS) is 22.4. The molecule has 2 unspecified atom stereocenters. The van der Waals surface area contributed by atoms with E-state index in [0.717, 1.165) is 38.2 Å². The van der Waals surface area contributed by atoms with Gasteiger partial charge in [-0.1, -0.05) is 30.5 Å². The van der Waals surface area contributed by atoms with Crippen molar-refractivity contribution in [2.24, 2.45) is 13.0 Å². The largest absolute Gasteiger partial charge is 0.417 e. The molecular formula is C21H23ClF3N3O. The molecule has 2 aromatic rings. The number of benzene rings is 1. The Labute approximate surface area is 172 Å². The summed E-state index contributed by atoms with van der Waals surface area (Å²) in [7, 11) is 1.68. The average Bonchev–Trinajstić information content (AvgIpc) is 3.07. The second-order valence-electron chi connectivity index (χ2n) is 7.98. The molecule has 1 aliphatic carbocycles. The van der Waals surface area contributed by atoms with Gasteiger partial charge in [0.15, 0.2) is 0 Å². The summed E-state index contributed by atoms with van der Waals surface area (Å²) >= 11 is 5.91. The van der Waals surface area contributed by atoms with E-state index in [4.69, 9.17) is 11.6 Å². The molecule has 2 heterocycles. The Balaban J connectivity index is 1.69. The first-order chi connectivity index (χ1) is 13.8. The lowest BCUT2D eigenvalue weighted by Gasteiger charge is -2.44. The van der Waals surface area contributed by atoms with Gasteiger partial charge < -0.3 is 4.90 Å².